The topological polar surface area (TPSA) is 66.4 Å². The van der Waals surface area contributed by atoms with Gasteiger partial charge in [0.15, 0.2) is 0 Å². The minimum atomic E-state index is -1.01. The molecule has 1 fully saturated rings. The Morgan fingerprint density at radius 1 is 1.29 bits per heavy atom. The smallest absolute Gasteiger partial charge is 0.326 e. The van der Waals surface area contributed by atoms with Crippen molar-refractivity contribution in [3.8, 4) is 0 Å². The van der Waals surface area contributed by atoms with Crippen LogP contribution in [0.1, 0.15) is 37.7 Å². The first kappa shape index (κ1) is 15.8. The molecule has 1 aliphatic rings. The molecule has 2 rings (SSSR count). The zero-order chi connectivity index (χ0) is 15.2. The van der Waals surface area contributed by atoms with Crippen LogP contribution in [0, 0.1) is 5.92 Å². The van der Waals surface area contributed by atoms with Gasteiger partial charge in [-0.15, -0.1) is 0 Å². The normalized spacial score (nSPS) is 17.2. The molecule has 5 heteroatoms. The largest absolute Gasteiger partial charge is 0.480 e. The van der Waals surface area contributed by atoms with E-state index >= 15 is 0 Å². The van der Waals surface area contributed by atoms with Gasteiger partial charge >= 0.3 is 5.97 Å². The lowest BCUT2D eigenvalue weighted by Crippen LogP contribution is -2.45. The van der Waals surface area contributed by atoms with Crippen LogP contribution in [0.2, 0.25) is 5.02 Å². The third kappa shape index (κ3) is 4.74. The SMILES string of the molecule is O=C(N[C@@H](Cc1cccc(Cl)c1)C(=O)O)C1CCCCC1. The third-order valence-corrected chi connectivity index (χ3v) is 4.15. The predicted molar refractivity (Wildman–Crippen MR) is 81.3 cm³/mol. The molecule has 0 unspecified atom stereocenters. The molecule has 0 saturated heterocycles. The van der Waals surface area contributed by atoms with E-state index in [1.807, 2.05) is 6.07 Å². The number of rotatable bonds is 5. The summed E-state index contributed by atoms with van der Waals surface area (Å²) in [4.78, 5) is 23.5. The first-order valence-electron chi connectivity index (χ1n) is 7.34. The number of carboxylic acid groups (broad SMARTS) is 1. The maximum atomic E-state index is 12.2. The van der Waals surface area contributed by atoms with Crippen molar-refractivity contribution in [1.82, 2.24) is 5.32 Å². The van der Waals surface area contributed by atoms with Gasteiger partial charge in [-0.3, -0.25) is 4.79 Å². The molecule has 2 N–H and O–H groups in total. The van der Waals surface area contributed by atoms with E-state index in [0.29, 0.717) is 5.02 Å². The highest BCUT2D eigenvalue weighted by atomic mass is 35.5. The minimum Gasteiger partial charge on any atom is -0.480 e. The van der Waals surface area contributed by atoms with Crippen LogP contribution in [0.5, 0.6) is 0 Å². The summed E-state index contributed by atoms with van der Waals surface area (Å²) < 4.78 is 0. The van der Waals surface area contributed by atoms with Gasteiger partial charge in [0.1, 0.15) is 6.04 Å². The van der Waals surface area contributed by atoms with E-state index in [2.05, 4.69) is 5.32 Å². The number of benzene rings is 1. The molecule has 0 bridgehead atoms. The molecule has 0 spiro atoms. The third-order valence-electron chi connectivity index (χ3n) is 3.92. The summed E-state index contributed by atoms with van der Waals surface area (Å²) in [6.07, 6.45) is 5.21. The Kier molecular flexibility index (Phi) is 5.62. The number of carbonyl (C=O) groups excluding carboxylic acids is 1. The molecule has 21 heavy (non-hydrogen) atoms. The molecule has 0 radical (unpaired) electrons. The van der Waals surface area contributed by atoms with E-state index in [4.69, 9.17) is 11.6 Å². The summed E-state index contributed by atoms with van der Waals surface area (Å²) >= 11 is 5.90. The van der Waals surface area contributed by atoms with Crippen molar-refractivity contribution in [2.45, 2.75) is 44.6 Å². The Morgan fingerprint density at radius 2 is 2.00 bits per heavy atom. The predicted octanol–water partition coefficient (Wildman–Crippen LogP) is 3.03. The maximum Gasteiger partial charge on any atom is 0.326 e. The zero-order valence-electron chi connectivity index (χ0n) is 11.8. The van der Waals surface area contributed by atoms with Gasteiger partial charge in [0, 0.05) is 17.4 Å². The van der Waals surface area contributed by atoms with Gasteiger partial charge in [-0.05, 0) is 30.5 Å². The molecule has 114 valence electrons. The zero-order valence-corrected chi connectivity index (χ0v) is 12.6. The van der Waals surface area contributed by atoms with E-state index in [1.165, 1.54) is 0 Å². The number of aliphatic carboxylic acids is 1. The van der Waals surface area contributed by atoms with E-state index in [1.54, 1.807) is 18.2 Å². The second-order valence-electron chi connectivity index (χ2n) is 5.57. The van der Waals surface area contributed by atoms with Crippen molar-refractivity contribution < 1.29 is 14.7 Å². The Balaban J connectivity index is 1.98. The lowest BCUT2D eigenvalue weighted by molar-refractivity contribution is -0.142. The summed E-state index contributed by atoms with van der Waals surface area (Å²) in [5.74, 6) is -1.19. The fraction of sp³-hybridized carbons (Fsp3) is 0.500. The molecular weight excluding hydrogens is 290 g/mol. The second-order valence-corrected chi connectivity index (χ2v) is 6.00. The van der Waals surface area contributed by atoms with Crippen LogP contribution in [0.15, 0.2) is 24.3 Å². The number of halogens is 1. The second kappa shape index (κ2) is 7.46. The lowest BCUT2D eigenvalue weighted by Gasteiger charge is -2.23. The molecular formula is C16H20ClNO3. The van der Waals surface area contributed by atoms with Crippen molar-refractivity contribution in [1.29, 1.82) is 0 Å². The summed E-state index contributed by atoms with van der Waals surface area (Å²) in [6, 6.07) is 6.15. The Hall–Kier alpha value is -1.55. The minimum absolute atomic E-state index is 0.0417. The van der Waals surface area contributed by atoms with Crippen LogP contribution in [0.3, 0.4) is 0 Å². The van der Waals surface area contributed by atoms with Crippen molar-refractivity contribution >= 4 is 23.5 Å². The fourth-order valence-corrected chi connectivity index (χ4v) is 2.97. The maximum absolute atomic E-state index is 12.2. The average molecular weight is 310 g/mol. The summed E-state index contributed by atoms with van der Waals surface area (Å²) in [6.45, 7) is 0. The van der Waals surface area contributed by atoms with Crippen LogP contribution in [-0.4, -0.2) is 23.0 Å². The molecule has 1 saturated carbocycles. The molecule has 1 amide bonds. The Morgan fingerprint density at radius 3 is 2.62 bits per heavy atom. The number of hydrogen-bond acceptors (Lipinski definition) is 2. The number of nitrogens with one attached hydrogen (secondary N) is 1. The number of amides is 1. The van der Waals surface area contributed by atoms with Gasteiger partial charge in [-0.1, -0.05) is 43.0 Å². The quantitative estimate of drug-likeness (QED) is 0.878. The van der Waals surface area contributed by atoms with E-state index < -0.39 is 12.0 Å². The van der Waals surface area contributed by atoms with Crippen LogP contribution in [0.25, 0.3) is 0 Å². The Labute approximate surface area is 129 Å². The lowest BCUT2D eigenvalue weighted by atomic mass is 9.88. The van der Waals surface area contributed by atoms with Gasteiger partial charge in [-0.2, -0.15) is 0 Å². The summed E-state index contributed by atoms with van der Waals surface area (Å²) in [5.41, 5.74) is 0.804. The number of carbonyl (C=O) groups is 2. The average Bonchev–Trinajstić information content (AvgIpc) is 2.47. The molecule has 1 aromatic rings. The monoisotopic (exact) mass is 309 g/mol. The molecule has 0 heterocycles. The highest BCUT2D eigenvalue weighted by molar-refractivity contribution is 6.30. The van der Waals surface area contributed by atoms with Crippen molar-refractivity contribution in [3.63, 3.8) is 0 Å². The Bertz CT molecular complexity index is 512. The van der Waals surface area contributed by atoms with Crippen LogP contribution in [-0.2, 0) is 16.0 Å². The van der Waals surface area contributed by atoms with Crippen molar-refractivity contribution in [3.05, 3.63) is 34.9 Å². The van der Waals surface area contributed by atoms with Crippen LogP contribution in [0.4, 0.5) is 0 Å². The first-order chi connectivity index (χ1) is 10.1. The van der Waals surface area contributed by atoms with Gasteiger partial charge in [-0.25, -0.2) is 4.79 Å². The molecule has 0 aliphatic heterocycles. The van der Waals surface area contributed by atoms with Crippen LogP contribution < -0.4 is 5.32 Å². The van der Waals surface area contributed by atoms with E-state index in [0.717, 1.165) is 37.7 Å². The van der Waals surface area contributed by atoms with Gasteiger partial charge in [0.25, 0.3) is 0 Å². The highest BCUT2D eigenvalue weighted by Crippen LogP contribution is 2.24. The summed E-state index contributed by atoms with van der Waals surface area (Å²) in [7, 11) is 0. The highest BCUT2D eigenvalue weighted by Gasteiger charge is 2.26. The van der Waals surface area contributed by atoms with Crippen molar-refractivity contribution in [2.75, 3.05) is 0 Å². The summed E-state index contributed by atoms with van der Waals surface area (Å²) in [5, 5.41) is 12.5. The van der Waals surface area contributed by atoms with Gasteiger partial charge < -0.3 is 10.4 Å². The van der Waals surface area contributed by atoms with Gasteiger partial charge in [0.2, 0.25) is 5.91 Å². The van der Waals surface area contributed by atoms with E-state index in [9.17, 15) is 14.7 Å². The molecule has 4 nitrogen and oxygen atoms in total. The van der Waals surface area contributed by atoms with Crippen LogP contribution >= 0.6 is 11.6 Å². The standard InChI is InChI=1S/C16H20ClNO3/c17-13-8-4-5-11(9-13)10-14(16(20)21)18-15(19)12-6-2-1-3-7-12/h4-5,8-9,12,14H,1-3,6-7,10H2,(H,18,19)(H,20,21)/t14-/m0/s1. The number of hydrogen-bond donors (Lipinski definition) is 2. The molecule has 1 atom stereocenters. The number of carboxylic acids is 1. The fourth-order valence-electron chi connectivity index (χ4n) is 2.75. The molecule has 1 aromatic carbocycles. The molecule has 1 aliphatic carbocycles. The van der Waals surface area contributed by atoms with E-state index in [-0.39, 0.29) is 18.2 Å². The first-order valence-corrected chi connectivity index (χ1v) is 7.71. The van der Waals surface area contributed by atoms with Gasteiger partial charge in [0.05, 0.1) is 0 Å². The van der Waals surface area contributed by atoms with Crippen molar-refractivity contribution in [2.24, 2.45) is 5.92 Å². The molecule has 0 aromatic heterocycles.